The van der Waals surface area contributed by atoms with Gasteiger partial charge in [-0.05, 0) is 18.6 Å². The first-order chi connectivity index (χ1) is 6.79. The van der Waals surface area contributed by atoms with Gasteiger partial charge >= 0.3 is 0 Å². The molecule has 0 N–H and O–H groups in total. The minimum atomic E-state index is 0.146. The largest absolute Gasteiger partial charge is 0.252 e. The van der Waals surface area contributed by atoms with Crippen molar-refractivity contribution < 1.29 is 0 Å². The van der Waals surface area contributed by atoms with Crippen LogP contribution in [-0.4, -0.2) is 19.7 Å². The minimum Gasteiger partial charge on any atom is -0.237 e. The smallest absolute Gasteiger partial charge is 0.237 e. The SMILES string of the molecule is Cc1ccc(-n2cnc(C#N)n2)nc1. The Labute approximate surface area is 80.7 Å². The highest BCUT2D eigenvalue weighted by Crippen LogP contribution is 2.03. The van der Waals surface area contributed by atoms with Crippen molar-refractivity contribution in [2.75, 3.05) is 0 Å². The summed E-state index contributed by atoms with van der Waals surface area (Å²) in [6.45, 7) is 1.96. The second-order valence-corrected chi connectivity index (χ2v) is 2.82. The number of nitriles is 1. The average Bonchev–Trinajstić information content (AvgIpc) is 2.67. The summed E-state index contributed by atoms with van der Waals surface area (Å²) < 4.78 is 1.47. The molecule has 0 radical (unpaired) electrons. The molecular weight excluding hydrogens is 178 g/mol. The Kier molecular flexibility index (Phi) is 1.95. The highest BCUT2D eigenvalue weighted by molar-refractivity contribution is 5.23. The summed E-state index contributed by atoms with van der Waals surface area (Å²) in [6.07, 6.45) is 3.21. The zero-order valence-electron chi connectivity index (χ0n) is 7.55. The molecule has 68 valence electrons. The molecule has 0 aliphatic heterocycles. The number of hydrogen-bond acceptors (Lipinski definition) is 4. The van der Waals surface area contributed by atoms with E-state index in [1.807, 2.05) is 25.1 Å². The van der Waals surface area contributed by atoms with E-state index in [-0.39, 0.29) is 5.82 Å². The van der Waals surface area contributed by atoms with Gasteiger partial charge in [0.25, 0.3) is 5.82 Å². The summed E-state index contributed by atoms with van der Waals surface area (Å²) >= 11 is 0. The van der Waals surface area contributed by atoms with E-state index < -0.39 is 0 Å². The van der Waals surface area contributed by atoms with E-state index in [9.17, 15) is 0 Å². The first-order valence-corrected chi connectivity index (χ1v) is 4.04. The van der Waals surface area contributed by atoms with Gasteiger partial charge in [-0.2, -0.15) is 5.26 Å². The summed E-state index contributed by atoms with van der Waals surface area (Å²) in [5, 5.41) is 12.4. The van der Waals surface area contributed by atoms with Crippen molar-refractivity contribution in [3.8, 4) is 11.9 Å². The van der Waals surface area contributed by atoms with E-state index in [1.54, 1.807) is 6.20 Å². The predicted octanol–water partition coefficient (Wildman–Crippen LogP) is 0.842. The predicted molar refractivity (Wildman–Crippen MR) is 48.6 cm³/mol. The van der Waals surface area contributed by atoms with Crippen LogP contribution in [0.5, 0.6) is 0 Å². The van der Waals surface area contributed by atoms with Crippen LogP contribution in [0.3, 0.4) is 0 Å². The molecule has 0 aliphatic rings. The fourth-order valence-electron chi connectivity index (χ4n) is 1.02. The summed E-state index contributed by atoms with van der Waals surface area (Å²) in [4.78, 5) is 7.93. The van der Waals surface area contributed by atoms with Gasteiger partial charge in [-0.25, -0.2) is 14.6 Å². The Morgan fingerprint density at radius 3 is 2.79 bits per heavy atom. The molecule has 0 aromatic carbocycles. The van der Waals surface area contributed by atoms with E-state index in [0.29, 0.717) is 5.82 Å². The highest BCUT2D eigenvalue weighted by Gasteiger charge is 2.01. The van der Waals surface area contributed by atoms with E-state index in [1.165, 1.54) is 11.0 Å². The van der Waals surface area contributed by atoms with Crippen LogP contribution >= 0.6 is 0 Å². The lowest BCUT2D eigenvalue weighted by Gasteiger charge is -1.97. The second-order valence-electron chi connectivity index (χ2n) is 2.82. The fourth-order valence-corrected chi connectivity index (χ4v) is 1.02. The quantitative estimate of drug-likeness (QED) is 0.660. The van der Waals surface area contributed by atoms with Crippen molar-refractivity contribution >= 4 is 0 Å². The second kappa shape index (κ2) is 3.26. The van der Waals surface area contributed by atoms with Crippen molar-refractivity contribution in [1.29, 1.82) is 5.26 Å². The zero-order chi connectivity index (χ0) is 9.97. The van der Waals surface area contributed by atoms with Crippen LogP contribution in [0, 0.1) is 18.3 Å². The third kappa shape index (κ3) is 1.45. The van der Waals surface area contributed by atoms with Crippen LogP contribution in [0.2, 0.25) is 0 Å². The highest BCUT2D eigenvalue weighted by atomic mass is 15.4. The van der Waals surface area contributed by atoms with Gasteiger partial charge in [0.15, 0.2) is 5.82 Å². The van der Waals surface area contributed by atoms with Gasteiger partial charge in [0.2, 0.25) is 0 Å². The lowest BCUT2D eigenvalue weighted by molar-refractivity contribution is 0.839. The van der Waals surface area contributed by atoms with E-state index in [2.05, 4.69) is 15.1 Å². The summed E-state index contributed by atoms with van der Waals surface area (Å²) in [7, 11) is 0. The Morgan fingerprint density at radius 2 is 2.21 bits per heavy atom. The van der Waals surface area contributed by atoms with Crippen molar-refractivity contribution in [1.82, 2.24) is 19.7 Å². The molecule has 0 aliphatic carbocycles. The number of nitrogens with zero attached hydrogens (tertiary/aromatic N) is 5. The molecule has 14 heavy (non-hydrogen) atoms. The molecule has 2 rings (SSSR count). The van der Waals surface area contributed by atoms with E-state index >= 15 is 0 Å². The Balaban J connectivity index is 2.40. The summed E-state index contributed by atoms with van der Waals surface area (Å²) in [6, 6.07) is 5.61. The standard InChI is InChI=1S/C9H7N5/c1-7-2-3-9(11-5-7)14-6-12-8(4-10)13-14/h2-3,5-6H,1H3. The number of aryl methyl sites for hydroxylation is 1. The number of aromatic nitrogens is 4. The third-order valence-electron chi connectivity index (χ3n) is 1.72. The molecule has 0 unspecified atom stereocenters. The van der Waals surface area contributed by atoms with Crippen molar-refractivity contribution in [2.24, 2.45) is 0 Å². The lowest BCUT2D eigenvalue weighted by Crippen LogP contribution is -1.97. The maximum Gasteiger partial charge on any atom is 0.252 e. The first-order valence-electron chi connectivity index (χ1n) is 4.04. The van der Waals surface area contributed by atoms with Crippen molar-refractivity contribution in [2.45, 2.75) is 6.92 Å². The molecule has 0 bridgehead atoms. The Bertz CT molecular complexity index is 477. The molecule has 0 atom stereocenters. The maximum atomic E-state index is 8.53. The van der Waals surface area contributed by atoms with E-state index in [0.717, 1.165) is 5.56 Å². The Morgan fingerprint density at radius 1 is 1.36 bits per heavy atom. The molecule has 0 spiro atoms. The number of rotatable bonds is 1. The topological polar surface area (TPSA) is 67.4 Å². The van der Waals surface area contributed by atoms with Gasteiger partial charge < -0.3 is 0 Å². The molecule has 0 amide bonds. The molecule has 2 aromatic rings. The monoisotopic (exact) mass is 185 g/mol. The molecule has 0 saturated carbocycles. The van der Waals surface area contributed by atoms with Crippen LogP contribution in [0.4, 0.5) is 0 Å². The number of pyridine rings is 1. The average molecular weight is 185 g/mol. The maximum absolute atomic E-state index is 8.53. The molecular formula is C9H7N5. The van der Waals surface area contributed by atoms with Crippen LogP contribution in [0.25, 0.3) is 5.82 Å². The van der Waals surface area contributed by atoms with E-state index in [4.69, 9.17) is 5.26 Å². The molecule has 0 fully saturated rings. The van der Waals surface area contributed by atoms with Crippen LogP contribution in [-0.2, 0) is 0 Å². The third-order valence-corrected chi connectivity index (χ3v) is 1.72. The summed E-state index contributed by atoms with van der Waals surface area (Å²) in [5.41, 5.74) is 1.08. The number of hydrogen-bond donors (Lipinski definition) is 0. The molecule has 5 heteroatoms. The summed E-state index contributed by atoms with van der Waals surface area (Å²) in [5.74, 6) is 0.803. The van der Waals surface area contributed by atoms with Gasteiger partial charge in [-0.3, -0.25) is 0 Å². The van der Waals surface area contributed by atoms with Crippen LogP contribution in [0.1, 0.15) is 11.4 Å². The van der Waals surface area contributed by atoms with Gasteiger partial charge in [-0.1, -0.05) is 6.07 Å². The minimum absolute atomic E-state index is 0.146. The van der Waals surface area contributed by atoms with Gasteiger partial charge in [0, 0.05) is 6.20 Å². The first kappa shape index (κ1) is 8.38. The molecule has 5 nitrogen and oxygen atoms in total. The van der Waals surface area contributed by atoms with Gasteiger partial charge in [-0.15, -0.1) is 5.10 Å². The normalized spacial score (nSPS) is 9.71. The fraction of sp³-hybridized carbons (Fsp3) is 0.111. The Hall–Kier alpha value is -2.22. The van der Waals surface area contributed by atoms with Gasteiger partial charge in [0.1, 0.15) is 12.4 Å². The van der Waals surface area contributed by atoms with Gasteiger partial charge in [0.05, 0.1) is 0 Å². The van der Waals surface area contributed by atoms with Crippen molar-refractivity contribution in [3.63, 3.8) is 0 Å². The molecule has 0 saturated heterocycles. The van der Waals surface area contributed by atoms with Crippen molar-refractivity contribution in [3.05, 3.63) is 36.0 Å². The lowest BCUT2D eigenvalue weighted by atomic mass is 10.3. The van der Waals surface area contributed by atoms with Crippen LogP contribution in [0.15, 0.2) is 24.7 Å². The molecule has 2 heterocycles. The molecule has 2 aromatic heterocycles. The van der Waals surface area contributed by atoms with Crippen LogP contribution < -0.4 is 0 Å². The zero-order valence-corrected chi connectivity index (χ0v) is 7.55.